The minimum atomic E-state index is -0.449. The molecule has 0 spiro atoms. The van der Waals surface area contributed by atoms with Crippen molar-refractivity contribution < 1.29 is 18.7 Å². The number of hydrogen-bond acceptors (Lipinski definition) is 6. The molecule has 38 heavy (non-hydrogen) atoms. The highest BCUT2D eigenvalue weighted by Crippen LogP contribution is 2.23. The highest BCUT2D eigenvalue weighted by molar-refractivity contribution is 6.11. The van der Waals surface area contributed by atoms with Crippen LogP contribution in [0, 0.1) is 11.7 Å². The molecule has 0 bridgehead atoms. The Hall–Kier alpha value is -3.78. The lowest BCUT2D eigenvalue weighted by atomic mass is 10.0. The molecule has 7 nitrogen and oxygen atoms in total. The predicted octanol–water partition coefficient (Wildman–Crippen LogP) is 4.78. The molecule has 8 heteroatoms. The molecule has 1 aromatic heterocycles. The number of nitrogens with zero attached hydrogens (tertiary/aromatic N) is 1. The van der Waals surface area contributed by atoms with Crippen LogP contribution in [0.1, 0.15) is 67.4 Å². The molecule has 0 amide bonds. The molecule has 1 heterocycles. The number of halogens is 1. The summed E-state index contributed by atoms with van der Waals surface area (Å²) < 4.78 is 20.3. The summed E-state index contributed by atoms with van der Waals surface area (Å²) in [7, 11) is 0. The van der Waals surface area contributed by atoms with Gasteiger partial charge in [-0.3, -0.25) is 19.0 Å². The topological polar surface area (TPSA) is 103 Å². The van der Waals surface area contributed by atoms with Gasteiger partial charge in [0.15, 0.2) is 5.78 Å². The number of carbonyl (C=O) groups is 2. The number of nitrogens with two attached hydrogens (primary N) is 1. The number of aromatic nitrogens is 1. The van der Waals surface area contributed by atoms with E-state index in [2.05, 4.69) is 19.2 Å². The molecule has 1 aliphatic carbocycles. The van der Waals surface area contributed by atoms with Crippen molar-refractivity contribution in [3.05, 3.63) is 93.5 Å². The Balaban J connectivity index is 1.48. The van der Waals surface area contributed by atoms with E-state index in [1.807, 2.05) is 12.1 Å². The van der Waals surface area contributed by atoms with Crippen LogP contribution in [-0.4, -0.2) is 28.5 Å². The normalized spacial score (nSPS) is 14.5. The van der Waals surface area contributed by atoms with Gasteiger partial charge in [0, 0.05) is 18.2 Å². The van der Waals surface area contributed by atoms with Crippen molar-refractivity contribution in [3.63, 3.8) is 0 Å². The van der Waals surface area contributed by atoms with E-state index >= 15 is 0 Å². The van der Waals surface area contributed by atoms with Crippen molar-refractivity contribution in [3.8, 4) is 5.69 Å². The number of ether oxygens (including phenoxy) is 1. The van der Waals surface area contributed by atoms with E-state index in [0.29, 0.717) is 24.6 Å². The maximum absolute atomic E-state index is 13.3. The van der Waals surface area contributed by atoms with Gasteiger partial charge in [-0.2, -0.15) is 0 Å². The lowest BCUT2D eigenvalue weighted by molar-refractivity contribution is -0.151. The third-order valence-electron chi connectivity index (χ3n) is 6.80. The standard InChI is InChI=1S/C30H34FN3O4/c1-19(2)17-26(30(37)38-24-5-3-4-6-24)33-18-20-7-13-23(14-8-20)34-27(35)16-15-25(29(34)32)28(36)21-9-11-22(31)12-10-21/h7-16,19,24,26,33H,3-6,17-18,32H2,1-2H3/t26-/m0/s1. The Morgan fingerprint density at radius 2 is 1.68 bits per heavy atom. The van der Waals surface area contributed by atoms with Crippen molar-refractivity contribution in [2.45, 2.75) is 64.6 Å². The number of pyridine rings is 1. The van der Waals surface area contributed by atoms with Gasteiger partial charge < -0.3 is 15.8 Å². The Bertz CT molecular complexity index is 1330. The van der Waals surface area contributed by atoms with E-state index in [-0.39, 0.29) is 34.6 Å². The number of ketones is 1. The molecule has 1 fully saturated rings. The van der Waals surface area contributed by atoms with Gasteiger partial charge in [-0.15, -0.1) is 0 Å². The lowest BCUT2D eigenvalue weighted by Crippen LogP contribution is -2.40. The van der Waals surface area contributed by atoms with Crippen molar-refractivity contribution >= 4 is 17.6 Å². The fourth-order valence-electron chi connectivity index (χ4n) is 4.76. The van der Waals surface area contributed by atoms with Crippen LogP contribution in [0.2, 0.25) is 0 Å². The van der Waals surface area contributed by atoms with E-state index in [9.17, 15) is 18.8 Å². The summed E-state index contributed by atoms with van der Waals surface area (Å²) in [5.41, 5.74) is 7.74. The molecule has 0 aliphatic heterocycles. The SMILES string of the molecule is CC(C)C[C@H](NCc1ccc(-n2c(N)c(C(=O)c3ccc(F)cc3)ccc2=O)cc1)C(=O)OC1CCCC1. The second kappa shape index (κ2) is 12.2. The first-order valence-corrected chi connectivity index (χ1v) is 13.1. The smallest absolute Gasteiger partial charge is 0.323 e. The van der Waals surface area contributed by atoms with E-state index in [1.165, 1.54) is 41.0 Å². The van der Waals surface area contributed by atoms with E-state index in [0.717, 1.165) is 31.2 Å². The van der Waals surface area contributed by atoms with Crippen molar-refractivity contribution in [1.82, 2.24) is 9.88 Å². The molecule has 1 aliphatic rings. The van der Waals surface area contributed by atoms with Crippen LogP contribution in [0.5, 0.6) is 0 Å². The number of carbonyl (C=O) groups excluding carboxylic acids is 2. The Labute approximate surface area is 221 Å². The molecule has 3 aromatic rings. The largest absolute Gasteiger partial charge is 0.461 e. The fourth-order valence-corrected chi connectivity index (χ4v) is 4.76. The fraction of sp³-hybridized carbons (Fsp3) is 0.367. The average Bonchev–Trinajstić information content (AvgIpc) is 3.40. The molecule has 0 unspecified atom stereocenters. The maximum atomic E-state index is 13.3. The summed E-state index contributed by atoms with van der Waals surface area (Å²) in [6, 6.07) is 14.6. The minimum Gasteiger partial charge on any atom is -0.461 e. The van der Waals surface area contributed by atoms with Crippen LogP contribution >= 0.6 is 0 Å². The lowest BCUT2D eigenvalue weighted by Gasteiger charge is -2.22. The van der Waals surface area contributed by atoms with Crippen LogP contribution in [-0.2, 0) is 16.1 Å². The van der Waals surface area contributed by atoms with Gasteiger partial charge in [-0.05, 0) is 86.1 Å². The van der Waals surface area contributed by atoms with Crippen molar-refractivity contribution in [2.75, 3.05) is 5.73 Å². The number of hydrogen-bond donors (Lipinski definition) is 2. The van der Waals surface area contributed by atoms with E-state index < -0.39 is 17.6 Å². The molecule has 4 rings (SSSR count). The van der Waals surface area contributed by atoms with Gasteiger partial charge in [0.1, 0.15) is 23.8 Å². The van der Waals surface area contributed by atoms with Crippen LogP contribution in [0.3, 0.4) is 0 Å². The number of esters is 1. The molecular weight excluding hydrogens is 485 g/mol. The summed E-state index contributed by atoms with van der Waals surface area (Å²) >= 11 is 0. The molecule has 2 aromatic carbocycles. The molecule has 1 saturated carbocycles. The van der Waals surface area contributed by atoms with Gasteiger partial charge in [0.25, 0.3) is 5.56 Å². The molecule has 200 valence electrons. The van der Waals surface area contributed by atoms with Crippen LogP contribution in [0.25, 0.3) is 5.69 Å². The van der Waals surface area contributed by atoms with Crippen molar-refractivity contribution in [1.29, 1.82) is 0 Å². The Morgan fingerprint density at radius 1 is 1.03 bits per heavy atom. The zero-order valence-corrected chi connectivity index (χ0v) is 21.8. The predicted molar refractivity (Wildman–Crippen MR) is 145 cm³/mol. The molecule has 0 saturated heterocycles. The van der Waals surface area contributed by atoms with Crippen LogP contribution in [0.15, 0.2) is 65.5 Å². The summed E-state index contributed by atoms with van der Waals surface area (Å²) in [6.07, 6.45) is 4.76. The van der Waals surface area contributed by atoms with Gasteiger partial charge in [0.05, 0.1) is 11.3 Å². The average molecular weight is 520 g/mol. The Morgan fingerprint density at radius 3 is 2.32 bits per heavy atom. The summed E-state index contributed by atoms with van der Waals surface area (Å²) in [5, 5.41) is 3.33. The molecule has 0 radical (unpaired) electrons. The molecular formula is C30H34FN3O4. The van der Waals surface area contributed by atoms with Crippen LogP contribution in [0.4, 0.5) is 10.2 Å². The third-order valence-corrected chi connectivity index (χ3v) is 6.80. The highest BCUT2D eigenvalue weighted by atomic mass is 19.1. The maximum Gasteiger partial charge on any atom is 0.323 e. The van der Waals surface area contributed by atoms with Crippen LogP contribution < -0.4 is 16.6 Å². The second-order valence-corrected chi connectivity index (χ2v) is 10.2. The summed E-state index contributed by atoms with van der Waals surface area (Å²) in [5.74, 6) is -0.729. The molecule has 3 N–H and O–H groups in total. The summed E-state index contributed by atoms with van der Waals surface area (Å²) in [4.78, 5) is 38.4. The molecule has 1 atom stereocenters. The zero-order valence-electron chi connectivity index (χ0n) is 21.8. The van der Waals surface area contributed by atoms with Gasteiger partial charge in [0.2, 0.25) is 0 Å². The third kappa shape index (κ3) is 6.55. The minimum absolute atomic E-state index is 0.00403. The number of benzene rings is 2. The highest BCUT2D eigenvalue weighted by Gasteiger charge is 2.26. The van der Waals surface area contributed by atoms with Crippen molar-refractivity contribution in [2.24, 2.45) is 5.92 Å². The first-order valence-electron chi connectivity index (χ1n) is 13.1. The first-order chi connectivity index (χ1) is 18.2. The quantitative estimate of drug-likeness (QED) is 0.295. The first kappa shape index (κ1) is 27.3. The van der Waals surface area contributed by atoms with Gasteiger partial charge in [-0.1, -0.05) is 26.0 Å². The zero-order chi connectivity index (χ0) is 27.2. The summed E-state index contributed by atoms with van der Waals surface area (Å²) in [6.45, 7) is 4.59. The van der Waals surface area contributed by atoms with Gasteiger partial charge >= 0.3 is 5.97 Å². The van der Waals surface area contributed by atoms with Gasteiger partial charge in [-0.25, -0.2) is 4.39 Å². The van der Waals surface area contributed by atoms with E-state index in [4.69, 9.17) is 10.5 Å². The van der Waals surface area contributed by atoms with E-state index in [1.54, 1.807) is 12.1 Å². The number of anilines is 1. The second-order valence-electron chi connectivity index (χ2n) is 10.2. The number of nitrogens with one attached hydrogen (secondary N) is 1. The number of rotatable bonds is 10. The monoisotopic (exact) mass is 519 g/mol. The Kier molecular flexibility index (Phi) is 8.73. The number of nitrogen functional groups attached to an aromatic ring is 1.